The van der Waals surface area contributed by atoms with Crippen LogP contribution in [0.4, 0.5) is 0 Å². The summed E-state index contributed by atoms with van der Waals surface area (Å²) < 4.78 is 0. The van der Waals surface area contributed by atoms with Gasteiger partial charge in [-0.2, -0.15) is 0 Å². The number of carboxylic acid groups (broad SMARTS) is 1. The number of hydrogen-bond acceptors (Lipinski definition) is 3. The number of benzene rings is 1. The number of amides is 2. The number of nitrogens with two attached hydrogens (primary N) is 1. The molecule has 6 nitrogen and oxygen atoms in total. The van der Waals surface area contributed by atoms with Crippen LogP contribution in [0.25, 0.3) is 0 Å². The van der Waals surface area contributed by atoms with Crippen LogP contribution in [0.2, 0.25) is 0 Å². The van der Waals surface area contributed by atoms with E-state index in [4.69, 9.17) is 10.8 Å². The van der Waals surface area contributed by atoms with Crippen molar-refractivity contribution in [3.63, 3.8) is 0 Å². The van der Waals surface area contributed by atoms with Crippen LogP contribution in [0.5, 0.6) is 0 Å². The Kier molecular flexibility index (Phi) is 5.07. The average molecular weight is 292 g/mol. The first-order valence-corrected chi connectivity index (χ1v) is 6.54. The smallest absolute Gasteiger partial charge is 0.305 e. The Morgan fingerprint density at radius 2 is 1.71 bits per heavy atom. The van der Waals surface area contributed by atoms with Crippen LogP contribution in [-0.4, -0.2) is 28.9 Å². The predicted octanol–water partition coefficient (Wildman–Crippen LogP) is 1.04. The number of carbonyl (C=O) groups is 3. The van der Waals surface area contributed by atoms with Gasteiger partial charge in [-0.05, 0) is 23.1 Å². The summed E-state index contributed by atoms with van der Waals surface area (Å²) in [5, 5.41) is 11.0. The Morgan fingerprint density at radius 3 is 2.10 bits per heavy atom. The number of carboxylic acids is 1. The number of primary amides is 1. The van der Waals surface area contributed by atoms with Gasteiger partial charge in [0.2, 0.25) is 5.91 Å². The van der Waals surface area contributed by atoms with Crippen molar-refractivity contribution in [3.8, 4) is 0 Å². The molecule has 0 bridgehead atoms. The van der Waals surface area contributed by atoms with Crippen molar-refractivity contribution < 1.29 is 19.5 Å². The number of nitrogens with one attached hydrogen (secondary N) is 1. The van der Waals surface area contributed by atoms with Gasteiger partial charge >= 0.3 is 5.97 Å². The van der Waals surface area contributed by atoms with Crippen molar-refractivity contribution in [3.05, 3.63) is 35.4 Å². The van der Waals surface area contributed by atoms with E-state index in [1.54, 1.807) is 12.1 Å². The minimum absolute atomic E-state index is 0.0337. The van der Waals surface area contributed by atoms with E-state index >= 15 is 0 Å². The van der Waals surface area contributed by atoms with Crippen molar-refractivity contribution in [2.75, 3.05) is 0 Å². The minimum Gasteiger partial charge on any atom is -0.481 e. The first kappa shape index (κ1) is 16.7. The number of carbonyl (C=O) groups excluding carboxylic acids is 2. The molecule has 6 heteroatoms. The highest BCUT2D eigenvalue weighted by Gasteiger charge is 2.22. The molecule has 0 saturated heterocycles. The normalized spacial score (nSPS) is 12.5. The van der Waals surface area contributed by atoms with E-state index in [-0.39, 0.29) is 5.41 Å². The molecule has 0 radical (unpaired) electrons. The van der Waals surface area contributed by atoms with Crippen LogP contribution in [-0.2, 0) is 15.0 Å². The summed E-state index contributed by atoms with van der Waals surface area (Å²) in [6.45, 7) is 6.16. The third-order valence-corrected chi connectivity index (χ3v) is 3.04. The fraction of sp³-hybridized carbons (Fsp3) is 0.400. The lowest BCUT2D eigenvalue weighted by Crippen LogP contribution is -2.45. The van der Waals surface area contributed by atoms with Gasteiger partial charge in [-0.15, -0.1) is 0 Å². The molecule has 0 aliphatic rings. The zero-order valence-corrected chi connectivity index (χ0v) is 12.3. The summed E-state index contributed by atoms with van der Waals surface area (Å²) in [5.74, 6) is -2.61. The molecule has 4 N–H and O–H groups in total. The van der Waals surface area contributed by atoms with Crippen molar-refractivity contribution in [1.29, 1.82) is 0 Å². The number of rotatable bonds is 5. The molecule has 0 spiro atoms. The molecule has 0 aromatic heterocycles. The fourth-order valence-corrected chi connectivity index (χ4v) is 1.76. The third kappa shape index (κ3) is 4.91. The Bertz CT molecular complexity index is 544. The Labute approximate surface area is 123 Å². The molecule has 0 aliphatic heterocycles. The first-order valence-electron chi connectivity index (χ1n) is 6.54. The lowest BCUT2D eigenvalue weighted by Gasteiger charge is -2.19. The van der Waals surface area contributed by atoms with E-state index in [0.29, 0.717) is 5.56 Å². The highest BCUT2D eigenvalue weighted by Crippen LogP contribution is 2.22. The molecule has 114 valence electrons. The van der Waals surface area contributed by atoms with E-state index in [1.807, 2.05) is 12.1 Å². The number of aliphatic carboxylic acids is 1. The molecule has 2 amide bonds. The number of hydrogen-bond donors (Lipinski definition) is 3. The Balaban J connectivity index is 2.83. The summed E-state index contributed by atoms with van der Waals surface area (Å²) >= 11 is 0. The summed E-state index contributed by atoms with van der Waals surface area (Å²) in [4.78, 5) is 33.7. The Morgan fingerprint density at radius 1 is 1.19 bits per heavy atom. The van der Waals surface area contributed by atoms with Gasteiger partial charge in [0, 0.05) is 5.56 Å². The molecule has 1 aromatic rings. The monoisotopic (exact) mass is 292 g/mol. The second-order valence-corrected chi connectivity index (χ2v) is 5.85. The van der Waals surface area contributed by atoms with Crippen molar-refractivity contribution >= 4 is 17.8 Å². The predicted molar refractivity (Wildman–Crippen MR) is 77.8 cm³/mol. The fourth-order valence-electron chi connectivity index (χ4n) is 1.76. The van der Waals surface area contributed by atoms with Crippen molar-refractivity contribution in [2.45, 2.75) is 38.6 Å². The molecule has 1 atom stereocenters. The standard InChI is InChI=1S/C15H20N2O4/c1-15(2,3)10-6-4-9(5-7-10)14(21)17-11(13(16)20)8-12(18)19/h4-7,11H,8H2,1-3H3,(H2,16,20)(H,17,21)(H,18,19)/t11-/m0/s1. The lowest BCUT2D eigenvalue weighted by molar-refractivity contribution is -0.139. The largest absolute Gasteiger partial charge is 0.481 e. The summed E-state index contributed by atoms with van der Waals surface area (Å²) in [7, 11) is 0. The van der Waals surface area contributed by atoms with Crippen LogP contribution >= 0.6 is 0 Å². The second-order valence-electron chi connectivity index (χ2n) is 5.85. The van der Waals surface area contributed by atoms with E-state index in [9.17, 15) is 14.4 Å². The van der Waals surface area contributed by atoms with Gasteiger partial charge in [0.25, 0.3) is 5.91 Å². The molecular weight excluding hydrogens is 272 g/mol. The summed E-state index contributed by atoms with van der Waals surface area (Å²) in [6.07, 6.45) is -0.541. The molecule has 21 heavy (non-hydrogen) atoms. The average Bonchev–Trinajstić information content (AvgIpc) is 2.36. The molecule has 0 aliphatic carbocycles. The zero-order chi connectivity index (χ0) is 16.2. The maximum atomic E-state index is 12.0. The molecule has 1 rings (SSSR count). The third-order valence-electron chi connectivity index (χ3n) is 3.04. The van der Waals surface area contributed by atoms with Crippen LogP contribution in [0.1, 0.15) is 43.1 Å². The first-order chi connectivity index (χ1) is 9.61. The second kappa shape index (κ2) is 6.39. The van der Waals surface area contributed by atoms with Crippen LogP contribution in [0.3, 0.4) is 0 Å². The van der Waals surface area contributed by atoms with Gasteiger partial charge in [-0.3, -0.25) is 14.4 Å². The van der Waals surface area contributed by atoms with Gasteiger partial charge in [0.1, 0.15) is 6.04 Å². The van der Waals surface area contributed by atoms with E-state index in [0.717, 1.165) is 5.56 Å². The highest BCUT2D eigenvalue weighted by molar-refractivity contribution is 5.98. The van der Waals surface area contributed by atoms with Crippen LogP contribution in [0, 0.1) is 0 Å². The van der Waals surface area contributed by atoms with Crippen molar-refractivity contribution in [1.82, 2.24) is 5.32 Å². The molecule has 0 fully saturated rings. The SMILES string of the molecule is CC(C)(C)c1ccc(C(=O)N[C@@H](CC(=O)O)C(N)=O)cc1. The molecule has 0 saturated carbocycles. The van der Waals surface area contributed by atoms with Crippen LogP contribution < -0.4 is 11.1 Å². The zero-order valence-electron chi connectivity index (χ0n) is 12.3. The van der Waals surface area contributed by atoms with Crippen molar-refractivity contribution in [2.24, 2.45) is 5.73 Å². The Hall–Kier alpha value is -2.37. The van der Waals surface area contributed by atoms with Gasteiger partial charge in [0.15, 0.2) is 0 Å². The van der Waals surface area contributed by atoms with E-state index in [2.05, 4.69) is 26.1 Å². The lowest BCUT2D eigenvalue weighted by atomic mass is 9.86. The van der Waals surface area contributed by atoms with Gasteiger partial charge < -0.3 is 16.2 Å². The topological polar surface area (TPSA) is 109 Å². The van der Waals surface area contributed by atoms with Gasteiger partial charge in [0.05, 0.1) is 6.42 Å². The molecule has 0 heterocycles. The maximum absolute atomic E-state index is 12.0. The van der Waals surface area contributed by atoms with Gasteiger partial charge in [-0.25, -0.2) is 0 Å². The van der Waals surface area contributed by atoms with Gasteiger partial charge in [-0.1, -0.05) is 32.9 Å². The molecule has 0 unspecified atom stereocenters. The highest BCUT2D eigenvalue weighted by atomic mass is 16.4. The quantitative estimate of drug-likeness (QED) is 0.753. The summed E-state index contributed by atoms with van der Waals surface area (Å²) in [5.41, 5.74) is 6.45. The van der Waals surface area contributed by atoms with E-state index < -0.39 is 30.2 Å². The summed E-state index contributed by atoms with van der Waals surface area (Å²) in [6, 6.07) is 5.69. The maximum Gasteiger partial charge on any atom is 0.305 e. The van der Waals surface area contributed by atoms with Crippen LogP contribution in [0.15, 0.2) is 24.3 Å². The molecule has 1 aromatic carbocycles. The minimum atomic E-state index is -1.22. The molecular formula is C15H20N2O4. The van der Waals surface area contributed by atoms with E-state index in [1.165, 1.54) is 0 Å².